The summed E-state index contributed by atoms with van der Waals surface area (Å²) in [5.74, 6) is -0.649. The van der Waals surface area contributed by atoms with Gasteiger partial charge in [-0.1, -0.05) is 43.7 Å². The number of benzene rings is 1. The molecule has 1 amide bonds. The molecule has 0 saturated carbocycles. The number of unbranched alkanes of at least 4 members (excludes halogenated alkanes) is 1. The fourth-order valence-electron chi connectivity index (χ4n) is 1.81. The molecule has 1 aromatic rings. The quantitative estimate of drug-likeness (QED) is 0.772. The van der Waals surface area contributed by atoms with Gasteiger partial charge < -0.3 is 4.90 Å². The predicted molar refractivity (Wildman–Crippen MR) is 71.8 cm³/mol. The third-order valence-corrected chi connectivity index (χ3v) is 2.96. The second-order valence-corrected chi connectivity index (χ2v) is 4.48. The molecule has 0 spiro atoms. The third kappa shape index (κ3) is 4.21. The minimum absolute atomic E-state index is 0.0743. The lowest BCUT2D eigenvalue weighted by molar-refractivity contribution is -0.132. The van der Waals surface area contributed by atoms with E-state index < -0.39 is 5.92 Å². The van der Waals surface area contributed by atoms with E-state index in [1.807, 2.05) is 30.3 Å². The molecule has 0 bridgehead atoms. The van der Waals surface area contributed by atoms with Crippen molar-refractivity contribution in [2.75, 3.05) is 13.6 Å². The summed E-state index contributed by atoms with van der Waals surface area (Å²) in [4.78, 5) is 13.8. The largest absolute Gasteiger partial charge is 0.345 e. The normalized spacial score (nSPS) is 11.6. The van der Waals surface area contributed by atoms with Crippen LogP contribution in [-0.4, -0.2) is 24.4 Å². The number of carbonyl (C=O) groups is 1. The molecule has 3 heteroatoms. The zero-order valence-electron chi connectivity index (χ0n) is 11.1. The first-order valence-electron chi connectivity index (χ1n) is 6.37. The monoisotopic (exact) mass is 244 g/mol. The summed E-state index contributed by atoms with van der Waals surface area (Å²) in [6.45, 7) is 2.81. The van der Waals surface area contributed by atoms with Gasteiger partial charge in [-0.2, -0.15) is 5.26 Å². The van der Waals surface area contributed by atoms with E-state index >= 15 is 0 Å². The molecule has 0 N–H and O–H groups in total. The van der Waals surface area contributed by atoms with Crippen molar-refractivity contribution in [2.24, 2.45) is 5.92 Å². The number of amides is 1. The summed E-state index contributed by atoms with van der Waals surface area (Å²) in [6, 6.07) is 11.8. The summed E-state index contributed by atoms with van der Waals surface area (Å²) in [7, 11) is 1.77. The van der Waals surface area contributed by atoms with Crippen molar-refractivity contribution in [1.82, 2.24) is 4.90 Å². The molecule has 0 radical (unpaired) electrons. The summed E-state index contributed by atoms with van der Waals surface area (Å²) < 4.78 is 0. The average Bonchev–Trinajstić information content (AvgIpc) is 2.42. The van der Waals surface area contributed by atoms with Gasteiger partial charge >= 0.3 is 0 Å². The summed E-state index contributed by atoms with van der Waals surface area (Å²) in [5.41, 5.74) is 1.03. The van der Waals surface area contributed by atoms with Gasteiger partial charge in [0.05, 0.1) is 6.07 Å². The number of nitrogens with zero attached hydrogens (tertiary/aromatic N) is 2. The zero-order valence-corrected chi connectivity index (χ0v) is 11.1. The minimum atomic E-state index is -0.575. The molecule has 96 valence electrons. The van der Waals surface area contributed by atoms with Gasteiger partial charge in [-0.25, -0.2) is 0 Å². The van der Waals surface area contributed by atoms with Crippen LogP contribution in [0, 0.1) is 17.2 Å². The van der Waals surface area contributed by atoms with Crippen molar-refractivity contribution >= 4 is 5.91 Å². The second kappa shape index (κ2) is 7.50. The molecular formula is C15H20N2O. The SMILES string of the molecule is CCCCN(C)C(=O)C(C#N)Cc1ccccc1. The van der Waals surface area contributed by atoms with Gasteiger partial charge in [-0.15, -0.1) is 0 Å². The number of carbonyl (C=O) groups excluding carboxylic acids is 1. The standard InChI is InChI=1S/C15H20N2O/c1-3-4-10-17(2)15(18)14(12-16)11-13-8-6-5-7-9-13/h5-9,14H,3-4,10-11H2,1-2H3. The Labute approximate surface area is 109 Å². The van der Waals surface area contributed by atoms with Gasteiger partial charge in [0, 0.05) is 13.6 Å². The van der Waals surface area contributed by atoms with Gasteiger partial charge in [0.15, 0.2) is 0 Å². The lowest BCUT2D eigenvalue weighted by Crippen LogP contribution is -2.34. The van der Waals surface area contributed by atoms with Crippen LogP contribution < -0.4 is 0 Å². The number of nitriles is 1. The highest BCUT2D eigenvalue weighted by Gasteiger charge is 2.21. The van der Waals surface area contributed by atoms with Gasteiger partial charge in [-0.05, 0) is 18.4 Å². The molecule has 0 aliphatic heterocycles. The van der Waals surface area contributed by atoms with Crippen LogP contribution in [0.5, 0.6) is 0 Å². The van der Waals surface area contributed by atoms with E-state index in [-0.39, 0.29) is 5.91 Å². The van der Waals surface area contributed by atoms with Crippen LogP contribution in [0.3, 0.4) is 0 Å². The maximum Gasteiger partial charge on any atom is 0.240 e. The highest BCUT2D eigenvalue weighted by Crippen LogP contribution is 2.11. The molecular weight excluding hydrogens is 224 g/mol. The molecule has 1 unspecified atom stereocenters. The van der Waals surface area contributed by atoms with Crippen LogP contribution in [-0.2, 0) is 11.2 Å². The number of rotatable bonds is 6. The van der Waals surface area contributed by atoms with Crippen LogP contribution in [0.2, 0.25) is 0 Å². The van der Waals surface area contributed by atoms with Crippen molar-refractivity contribution in [2.45, 2.75) is 26.2 Å². The van der Waals surface area contributed by atoms with Crippen molar-refractivity contribution in [3.05, 3.63) is 35.9 Å². The van der Waals surface area contributed by atoms with Crippen LogP contribution >= 0.6 is 0 Å². The zero-order chi connectivity index (χ0) is 13.4. The van der Waals surface area contributed by atoms with Crippen molar-refractivity contribution in [3.63, 3.8) is 0 Å². The highest BCUT2D eigenvalue weighted by atomic mass is 16.2. The van der Waals surface area contributed by atoms with Crippen LogP contribution in [0.4, 0.5) is 0 Å². The lowest BCUT2D eigenvalue weighted by atomic mass is 9.99. The average molecular weight is 244 g/mol. The molecule has 18 heavy (non-hydrogen) atoms. The first-order valence-corrected chi connectivity index (χ1v) is 6.37. The van der Waals surface area contributed by atoms with Gasteiger partial charge in [0.2, 0.25) is 5.91 Å². The summed E-state index contributed by atoms with van der Waals surface area (Å²) in [5, 5.41) is 9.13. The molecule has 1 rings (SSSR count). The smallest absolute Gasteiger partial charge is 0.240 e. The molecule has 0 fully saturated rings. The molecule has 1 atom stereocenters. The topological polar surface area (TPSA) is 44.1 Å². The predicted octanol–water partition coefficient (Wildman–Crippen LogP) is 2.63. The fourth-order valence-corrected chi connectivity index (χ4v) is 1.81. The maximum absolute atomic E-state index is 12.1. The lowest BCUT2D eigenvalue weighted by Gasteiger charge is -2.19. The van der Waals surface area contributed by atoms with Gasteiger partial charge in [0.25, 0.3) is 0 Å². The molecule has 0 saturated heterocycles. The van der Waals surface area contributed by atoms with E-state index in [0.29, 0.717) is 6.42 Å². The first-order chi connectivity index (χ1) is 8.69. The Bertz CT molecular complexity index is 408. The Balaban J connectivity index is 2.61. The first kappa shape index (κ1) is 14.2. The van der Waals surface area contributed by atoms with Crippen LogP contribution in [0.1, 0.15) is 25.3 Å². The van der Waals surface area contributed by atoms with Crippen molar-refractivity contribution in [1.29, 1.82) is 5.26 Å². The molecule has 0 aromatic heterocycles. The summed E-state index contributed by atoms with van der Waals surface area (Å²) in [6.07, 6.45) is 2.52. The number of hydrogen-bond donors (Lipinski definition) is 0. The minimum Gasteiger partial charge on any atom is -0.345 e. The van der Waals surface area contributed by atoms with Gasteiger partial charge in [0.1, 0.15) is 5.92 Å². The second-order valence-electron chi connectivity index (χ2n) is 4.48. The van der Waals surface area contributed by atoms with Crippen LogP contribution in [0.15, 0.2) is 30.3 Å². The highest BCUT2D eigenvalue weighted by molar-refractivity contribution is 5.81. The van der Waals surface area contributed by atoms with Gasteiger partial charge in [-0.3, -0.25) is 4.79 Å². The number of hydrogen-bond acceptors (Lipinski definition) is 2. The van der Waals surface area contributed by atoms with E-state index in [2.05, 4.69) is 13.0 Å². The Morgan fingerprint density at radius 1 is 1.39 bits per heavy atom. The maximum atomic E-state index is 12.1. The molecule has 1 aromatic carbocycles. The van der Waals surface area contributed by atoms with E-state index in [9.17, 15) is 4.79 Å². The molecule has 3 nitrogen and oxygen atoms in total. The molecule has 0 heterocycles. The molecule has 0 aliphatic carbocycles. The fraction of sp³-hybridized carbons (Fsp3) is 0.467. The Morgan fingerprint density at radius 2 is 2.06 bits per heavy atom. The van der Waals surface area contributed by atoms with E-state index in [0.717, 1.165) is 24.9 Å². The van der Waals surface area contributed by atoms with E-state index in [1.54, 1.807) is 11.9 Å². The van der Waals surface area contributed by atoms with E-state index in [1.165, 1.54) is 0 Å². The summed E-state index contributed by atoms with van der Waals surface area (Å²) >= 11 is 0. The van der Waals surface area contributed by atoms with Crippen LogP contribution in [0.25, 0.3) is 0 Å². The van der Waals surface area contributed by atoms with Crippen molar-refractivity contribution < 1.29 is 4.79 Å². The Kier molecular flexibility index (Phi) is 5.93. The van der Waals surface area contributed by atoms with E-state index in [4.69, 9.17) is 5.26 Å². The van der Waals surface area contributed by atoms with Crippen molar-refractivity contribution in [3.8, 4) is 6.07 Å². The Hall–Kier alpha value is -1.82. The third-order valence-electron chi connectivity index (χ3n) is 2.96. The Morgan fingerprint density at radius 3 is 2.61 bits per heavy atom. The molecule has 0 aliphatic rings.